The van der Waals surface area contributed by atoms with Gasteiger partial charge in [-0.15, -0.1) is 0 Å². The van der Waals surface area contributed by atoms with Crippen LogP contribution in [0.1, 0.15) is 11.1 Å². The molecule has 2 aromatic rings. The molecule has 0 saturated carbocycles. The summed E-state index contributed by atoms with van der Waals surface area (Å²) in [6.07, 6.45) is 3.29. The highest BCUT2D eigenvalue weighted by atomic mass is 35.5. The normalized spacial score (nSPS) is 16.0. The van der Waals surface area contributed by atoms with Gasteiger partial charge in [0.05, 0.1) is 5.57 Å². The summed E-state index contributed by atoms with van der Waals surface area (Å²) in [7, 11) is 0. The van der Waals surface area contributed by atoms with Crippen LogP contribution in [-0.2, 0) is 9.53 Å². The van der Waals surface area contributed by atoms with Gasteiger partial charge in [-0.25, -0.2) is 9.18 Å². The van der Waals surface area contributed by atoms with Crippen molar-refractivity contribution in [1.82, 2.24) is 0 Å². The molecule has 0 bridgehead atoms. The molecule has 0 saturated heterocycles. The number of hydrogen-bond acceptors (Lipinski definition) is 2. The van der Waals surface area contributed by atoms with Crippen LogP contribution in [0.25, 0.3) is 11.8 Å². The van der Waals surface area contributed by atoms with Crippen molar-refractivity contribution in [3.05, 3.63) is 82.1 Å². The lowest BCUT2D eigenvalue weighted by Gasteiger charge is -2.00. The molecule has 0 aliphatic carbocycles. The smallest absolute Gasteiger partial charge is 0.343 e. The first-order valence-corrected chi connectivity index (χ1v) is 6.67. The molecule has 0 radical (unpaired) electrons. The Bertz CT molecular complexity index is 761. The number of ether oxygens (including phenoxy) is 1. The van der Waals surface area contributed by atoms with Crippen LogP contribution in [0.15, 0.2) is 60.2 Å². The number of esters is 1. The average Bonchev–Trinajstić information content (AvgIpc) is 2.83. The van der Waals surface area contributed by atoms with Gasteiger partial charge in [0, 0.05) is 10.6 Å². The van der Waals surface area contributed by atoms with Crippen LogP contribution in [-0.4, -0.2) is 5.97 Å². The Labute approximate surface area is 126 Å². The molecule has 0 atom stereocenters. The highest BCUT2D eigenvalue weighted by Crippen LogP contribution is 2.28. The van der Waals surface area contributed by atoms with E-state index in [4.69, 9.17) is 16.3 Å². The second-order valence-corrected chi connectivity index (χ2v) is 4.93. The Morgan fingerprint density at radius 1 is 1.05 bits per heavy atom. The minimum absolute atomic E-state index is 0.337. The molecule has 3 rings (SSSR count). The van der Waals surface area contributed by atoms with Crippen molar-refractivity contribution < 1.29 is 13.9 Å². The summed E-state index contributed by atoms with van der Waals surface area (Å²) in [6, 6.07) is 13.0. The van der Waals surface area contributed by atoms with Crippen LogP contribution < -0.4 is 0 Å². The maximum absolute atomic E-state index is 12.9. The predicted molar refractivity (Wildman–Crippen MR) is 79.9 cm³/mol. The molecule has 1 aliphatic rings. The number of hydrogen-bond donors (Lipinski definition) is 0. The Morgan fingerprint density at radius 2 is 1.76 bits per heavy atom. The molecule has 21 heavy (non-hydrogen) atoms. The molecule has 2 aromatic carbocycles. The second-order valence-electron chi connectivity index (χ2n) is 4.53. The lowest BCUT2D eigenvalue weighted by atomic mass is 10.1. The average molecular weight is 301 g/mol. The summed E-state index contributed by atoms with van der Waals surface area (Å²) in [4.78, 5) is 11.9. The zero-order valence-electron chi connectivity index (χ0n) is 10.8. The van der Waals surface area contributed by atoms with E-state index in [1.807, 2.05) is 18.2 Å². The number of cyclic esters (lactones) is 1. The highest BCUT2D eigenvalue weighted by Gasteiger charge is 2.22. The van der Waals surface area contributed by atoms with Gasteiger partial charge in [-0.05, 0) is 48.0 Å². The fourth-order valence-corrected chi connectivity index (χ4v) is 2.20. The second kappa shape index (κ2) is 5.54. The summed E-state index contributed by atoms with van der Waals surface area (Å²) in [5, 5.41) is 0.557. The first kappa shape index (κ1) is 13.6. The third kappa shape index (κ3) is 2.88. The van der Waals surface area contributed by atoms with Crippen LogP contribution in [0.4, 0.5) is 4.39 Å². The zero-order valence-corrected chi connectivity index (χ0v) is 11.6. The van der Waals surface area contributed by atoms with Gasteiger partial charge in [-0.1, -0.05) is 29.8 Å². The van der Waals surface area contributed by atoms with E-state index in [9.17, 15) is 9.18 Å². The van der Waals surface area contributed by atoms with E-state index < -0.39 is 5.97 Å². The fourth-order valence-electron chi connectivity index (χ4n) is 2.01. The molecule has 1 aliphatic heterocycles. The van der Waals surface area contributed by atoms with Crippen LogP contribution in [0.3, 0.4) is 0 Å². The molecule has 2 nitrogen and oxygen atoms in total. The minimum atomic E-state index is -0.450. The van der Waals surface area contributed by atoms with Gasteiger partial charge in [0.1, 0.15) is 11.6 Å². The number of carbonyl (C=O) groups is 1. The highest BCUT2D eigenvalue weighted by molar-refractivity contribution is 6.32. The predicted octanol–water partition coefficient (Wildman–Crippen LogP) is 4.46. The van der Waals surface area contributed by atoms with Gasteiger partial charge in [0.25, 0.3) is 0 Å². The fraction of sp³-hybridized carbons (Fsp3) is 0. The molecule has 0 aromatic heterocycles. The Morgan fingerprint density at radius 3 is 2.48 bits per heavy atom. The van der Waals surface area contributed by atoms with Crippen molar-refractivity contribution in [3.63, 3.8) is 0 Å². The lowest BCUT2D eigenvalue weighted by molar-refractivity contribution is -0.130. The van der Waals surface area contributed by atoms with E-state index in [-0.39, 0.29) is 5.82 Å². The van der Waals surface area contributed by atoms with Crippen LogP contribution in [0.5, 0.6) is 0 Å². The third-order valence-electron chi connectivity index (χ3n) is 3.07. The van der Waals surface area contributed by atoms with Crippen LogP contribution in [0.2, 0.25) is 5.02 Å². The Hall–Kier alpha value is -2.39. The van der Waals surface area contributed by atoms with E-state index in [0.717, 1.165) is 5.56 Å². The van der Waals surface area contributed by atoms with Gasteiger partial charge in [0.15, 0.2) is 0 Å². The Balaban J connectivity index is 1.96. The SMILES string of the molecule is O=C1OC(c2ccc(F)cc2)=C/C1=C\c1ccccc1Cl. The lowest BCUT2D eigenvalue weighted by Crippen LogP contribution is -1.97. The number of halogens is 2. The molecule has 1 heterocycles. The van der Waals surface area contributed by atoms with Crippen molar-refractivity contribution in [2.24, 2.45) is 0 Å². The topological polar surface area (TPSA) is 26.3 Å². The van der Waals surface area contributed by atoms with E-state index in [2.05, 4.69) is 0 Å². The van der Waals surface area contributed by atoms with E-state index in [1.165, 1.54) is 12.1 Å². The van der Waals surface area contributed by atoms with Crippen molar-refractivity contribution in [2.45, 2.75) is 0 Å². The van der Waals surface area contributed by atoms with E-state index in [1.54, 1.807) is 30.4 Å². The van der Waals surface area contributed by atoms with Gasteiger partial charge >= 0.3 is 5.97 Å². The Kier molecular flexibility index (Phi) is 3.59. The summed E-state index contributed by atoms with van der Waals surface area (Å²) in [5.74, 6) is -0.386. The summed E-state index contributed by atoms with van der Waals surface area (Å²) in [6.45, 7) is 0. The van der Waals surface area contributed by atoms with Crippen molar-refractivity contribution in [2.75, 3.05) is 0 Å². The molecule has 0 N–H and O–H groups in total. The summed E-state index contributed by atoms with van der Waals surface area (Å²) >= 11 is 6.06. The molecule has 4 heteroatoms. The van der Waals surface area contributed by atoms with Crippen LogP contribution >= 0.6 is 11.6 Å². The molecule has 0 unspecified atom stereocenters. The molecule has 0 fully saturated rings. The van der Waals surface area contributed by atoms with E-state index in [0.29, 0.717) is 21.9 Å². The molecular formula is C17H10ClFO2. The standard InChI is InChI=1S/C17H10ClFO2/c18-15-4-2-1-3-12(15)9-13-10-16(21-17(13)20)11-5-7-14(19)8-6-11/h1-10H/b13-9+. The molecule has 0 spiro atoms. The first-order chi connectivity index (χ1) is 10.1. The number of carbonyl (C=O) groups excluding carboxylic acids is 1. The monoisotopic (exact) mass is 300 g/mol. The van der Waals surface area contributed by atoms with Gasteiger partial charge < -0.3 is 4.74 Å². The van der Waals surface area contributed by atoms with Gasteiger partial charge in [0.2, 0.25) is 0 Å². The third-order valence-corrected chi connectivity index (χ3v) is 3.41. The first-order valence-electron chi connectivity index (χ1n) is 6.29. The molecule has 104 valence electrons. The van der Waals surface area contributed by atoms with Gasteiger partial charge in [-0.3, -0.25) is 0 Å². The van der Waals surface area contributed by atoms with Crippen molar-refractivity contribution in [1.29, 1.82) is 0 Å². The molecule has 0 amide bonds. The minimum Gasteiger partial charge on any atom is -0.422 e. The number of rotatable bonds is 2. The quantitative estimate of drug-likeness (QED) is 0.604. The zero-order chi connectivity index (χ0) is 14.8. The van der Waals surface area contributed by atoms with Crippen molar-refractivity contribution in [3.8, 4) is 0 Å². The van der Waals surface area contributed by atoms with Gasteiger partial charge in [-0.2, -0.15) is 0 Å². The maximum Gasteiger partial charge on any atom is 0.343 e. The van der Waals surface area contributed by atoms with E-state index >= 15 is 0 Å². The van der Waals surface area contributed by atoms with Crippen molar-refractivity contribution >= 4 is 29.4 Å². The summed E-state index contributed by atoms with van der Waals surface area (Å²) < 4.78 is 18.1. The van der Waals surface area contributed by atoms with Crippen LogP contribution in [0, 0.1) is 5.82 Å². The summed E-state index contributed by atoms with van der Waals surface area (Å²) in [5.41, 5.74) is 1.79. The molecular weight excluding hydrogens is 291 g/mol. The number of benzene rings is 2. The maximum atomic E-state index is 12.9. The largest absolute Gasteiger partial charge is 0.422 e.